The van der Waals surface area contributed by atoms with E-state index in [-0.39, 0.29) is 6.29 Å². The minimum Gasteiger partial charge on any atom is -0.450 e. The molecule has 88 valence electrons. The second kappa shape index (κ2) is 4.74. The molecule has 0 N–H and O–H groups in total. The van der Waals surface area contributed by atoms with E-state index in [4.69, 9.17) is 9.47 Å². The second-order valence-corrected chi connectivity index (χ2v) is 4.05. The van der Waals surface area contributed by atoms with E-state index < -0.39 is 0 Å². The number of ether oxygens (including phenoxy) is 2. The molecule has 0 aliphatic carbocycles. The van der Waals surface area contributed by atoms with Crippen LogP contribution in [-0.4, -0.2) is 30.8 Å². The monoisotopic (exact) mass is 221 g/mol. The lowest BCUT2D eigenvalue weighted by Gasteiger charge is -2.21. The molecule has 16 heavy (non-hydrogen) atoms. The Morgan fingerprint density at radius 2 is 1.94 bits per heavy atom. The van der Waals surface area contributed by atoms with Gasteiger partial charge in [-0.3, -0.25) is 4.90 Å². The smallest absolute Gasteiger partial charge is 0.254 e. The Morgan fingerprint density at radius 1 is 1.19 bits per heavy atom. The van der Waals surface area contributed by atoms with Gasteiger partial charge in [0.2, 0.25) is 0 Å². The maximum Gasteiger partial charge on any atom is 0.254 e. The van der Waals surface area contributed by atoms with Crippen molar-refractivity contribution in [1.82, 2.24) is 4.90 Å². The summed E-state index contributed by atoms with van der Waals surface area (Å²) in [5.41, 5.74) is 1.14. The Bertz CT molecular complexity index is 361. The van der Waals surface area contributed by atoms with Crippen molar-refractivity contribution in [2.75, 3.05) is 19.6 Å². The van der Waals surface area contributed by atoms with Gasteiger partial charge in [0, 0.05) is 0 Å². The molecule has 0 radical (unpaired) electrons. The largest absolute Gasteiger partial charge is 0.450 e. The Labute approximate surface area is 97.0 Å². The number of para-hydroxylation sites is 1. The van der Waals surface area contributed by atoms with E-state index in [1.54, 1.807) is 0 Å². The van der Waals surface area contributed by atoms with Gasteiger partial charge in [-0.05, 0) is 31.6 Å². The normalized spacial score (nSPS) is 18.1. The molecule has 3 heteroatoms. The summed E-state index contributed by atoms with van der Waals surface area (Å²) in [6.45, 7) is 9.21. The highest BCUT2D eigenvalue weighted by Crippen LogP contribution is 2.37. The molecule has 0 spiro atoms. The maximum absolute atomic E-state index is 5.81. The molecule has 0 unspecified atom stereocenters. The van der Waals surface area contributed by atoms with Crippen LogP contribution in [0.3, 0.4) is 0 Å². The first-order chi connectivity index (χ1) is 7.74. The molecule has 0 saturated heterocycles. The van der Waals surface area contributed by atoms with Gasteiger partial charge in [-0.25, -0.2) is 0 Å². The van der Waals surface area contributed by atoms with Crippen molar-refractivity contribution in [2.24, 2.45) is 0 Å². The predicted molar refractivity (Wildman–Crippen MR) is 64.0 cm³/mol. The zero-order valence-corrected chi connectivity index (χ0v) is 10.2. The molecule has 1 aliphatic heterocycles. The molecule has 3 nitrogen and oxygen atoms in total. The predicted octanol–water partition coefficient (Wildman–Crippen LogP) is 2.43. The van der Waals surface area contributed by atoms with E-state index in [0.717, 1.165) is 36.7 Å². The summed E-state index contributed by atoms with van der Waals surface area (Å²) >= 11 is 0. The third-order valence-corrected chi connectivity index (χ3v) is 2.99. The maximum atomic E-state index is 5.81. The van der Waals surface area contributed by atoms with E-state index in [1.807, 2.05) is 25.1 Å². The van der Waals surface area contributed by atoms with Crippen LogP contribution in [0.15, 0.2) is 18.2 Å². The minimum atomic E-state index is -0.156. The fourth-order valence-electron chi connectivity index (χ4n) is 1.93. The van der Waals surface area contributed by atoms with Gasteiger partial charge >= 0.3 is 0 Å². The number of likely N-dealkylation sites (N-methyl/N-ethyl adjacent to an activating group) is 1. The lowest BCUT2D eigenvalue weighted by atomic mass is 10.2. The molecule has 1 atom stereocenters. The van der Waals surface area contributed by atoms with Gasteiger partial charge in [0.05, 0.1) is 6.54 Å². The van der Waals surface area contributed by atoms with Crippen LogP contribution in [0.2, 0.25) is 0 Å². The van der Waals surface area contributed by atoms with E-state index in [1.165, 1.54) is 0 Å². The fraction of sp³-hybridized carbons (Fsp3) is 0.538. The summed E-state index contributed by atoms with van der Waals surface area (Å²) in [5.74, 6) is 1.77. The summed E-state index contributed by atoms with van der Waals surface area (Å²) in [5, 5.41) is 0. The average molecular weight is 221 g/mol. The molecule has 0 fully saturated rings. The fourth-order valence-corrected chi connectivity index (χ4v) is 1.93. The first kappa shape index (κ1) is 11.3. The Balaban J connectivity index is 2.03. The zero-order valence-electron chi connectivity index (χ0n) is 10.2. The topological polar surface area (TPSA) is 21.7 Å². The Kier molecular flexibility index (Phi) is 3.34. The summed E-state index contributed by atoms with van der Waals surface area (Å²) in [4.78, 5) is 2.30. The van der Waals surface area contributed by atoms with Crippen molar-refractivity contribution in [2.45, 2.75) is 27.1 Å². The highest BCUT2D eigenvalue weighted by Gasteiger charge is 2.26. The molecule has 1 heterocycles. The van der Waals surface area contributed by atoms with Crippen molar-refractivity contribution in [3.8, 4) is 11.5 Å². The van der Waals surface area contributed by atoms with Gasteiger partial charge in [0.15, 0.2) is 11.5 Å². The SMILES string of the molecule is CCN(CC)C[C@@H]1Oc2cccc(C)c2O1. The van der Waals surface area contributed by atoms with Crippen LogP contribution in [0.25, 0.3) is 0 Å². The molecule has 0 saturated carbocycles. The van der Waals surface area contributed by atoms with Gasteiger partial charge < -0.3 is 9.47 Å². The number of nitrogens with zero attached hydrogens (tertiary/aromatic N) is 1. The zero-order chi connectivity index (χ0) is 11.5. The summed E-state index contributed by atoms with van der Waals surface area (Å²) < 4.78 is 11.6. The lowest BCUT2D eigenvalue weighted by Crippen LogP contribution is -2.36. The Hall–Kier alpha value is -1.22. The van der Waals surface area contributed by atoms with Crippen LogP contribution in [0.1, 0.15) is 19.4 Å². The first-order valence-corrected chi connectivity index (χ1v) is 5.89. The van der Waals surface area contributed by atoms with Gasteiger partial charge in [0.25, 0.3) is 6.29 Å². The molecular weight excluding hydrogens is 202 g/mol. The van der Waals surface area contributed by atoms with Gasteiger partial charge in [-0.15, -0.1) is 0 Å². The molecule has 1 aliphatic rings. The summed E-state index contributed by atoms with van der Waals surface area (Å²) in [7, 11) is 0. The van der Waals surface area contributed by atoms with Crippen molar-refractivity contribution < 1.29 is 9.47 Å². The second-order valence-electron chi connectivity index (χ2n) is 4.05. The molecular formula is C13H19NO2. The third kappa shape index (κ3) is 2.14. The van der Waals surface area contributed by atoms with E-state index in [9.17, 15) is 0 Å². The van der Waals surface area contributed by atoms with Crippen molar-refractivity contribution in [3.63, 3.8) is 0 Å². The van der Waals surface area contributed by atoms with E-state index in [0.29, 0.717) is 0 Å². The van der Waals surface area contributed by atoms with Crippen LogP contribution in [0.5, 0.6) is 11.5 Å². The van der Waals surface area contributed by atoms with Crippen LogP contribution in [0.4, 0.5) is 0 Å². The van der Waals surface area contributed by atoms with Gasteiger partial charge in [-0.2, -0.15) is 0 Å². The molecule has 1 aromatic rings. The molecule has 2 rings (SSSR count). The first-order valence-electron chi connectivity index (χ1n) is 5.89. The standard InChI is InChI=1S/C13H19NO2/c1-4-14(5-2)9-12-15-11-8-6-7-10(3)13(11)16-12/h6-8,12H,4-5,9H2,1-3H3/t12-/m1/s1. The van der Waals surface area contributed by atoms with Crippen molar-refractivity contribution in [3.05, 3.63) is 23.8 Å². The summed E-state index contributed by atoms with van der Waals surface area (Å²) in [6, 6.07) is 6.00. The minimum absolute atomic E-state index is 0.156. The molecule has 0 bridgehead atoms. The van der Waals surface area contributed by atoms with Crippen LogP contribution in [-0.2, 0) is 0 Å². The molecule has 1 aromatic carbocycles. The average Bonchev–Trinajstić information content (AvgIpc) is 2.70. The van der Waals surface area contributed by atoms with Crippen LogP contribution >= 0.6 is 0 Å². The number of rotatable bonds is 4. The number of aryl methyl sites for hydroxylation is 1. The third-order valence-electron chi connectivity index (χ3n) is 2.99. The number of benzene rings is 1. The van der Waals surface area contributed by atoms with Crippen LogP contribution < -0.4 is 9.47 Å². The highest BCUT2D eigenvalue weighted by molar-refractivity contribution is 5.47. The Morgan fingerprint density at radius 3 is 2.56 bits per heavy atom. The van der Waals surface area contributed by atoms with Crippen LogP contribution in [0, 0.1) is 6.92 Å². The number of hydrogen-bond acceptors (Lipinski definition) is 3. The van der Waals surface area contributed by atoms with Gasteiger partial charge in [0.1, 0.15) is 0 Å². The molecule has 0 aromatic heterocycles. The quantitative estimate of drug-likeness (QED) is 0.779. The van der Waals surface area contributed by atoms with Gasteiger partial charge in [-0.1, -0.05) is 26.0 Å². The van der Waals surface area contributed by atoms with Crippen molar-refractivity contribution in [1.29, 1.82) is 0 Å². The number of hydrogen-bond donors (Lipinski definition) is 0. The summed E-state index contributed by atoms with van der Waals surface area (Å²) in [6.07, 6.45) is -0.156. The number of fused-ring (bicyclic) bond motifs is 1. The van der Waals surface area contributed by atoms with E-state index >= 15 is 0 Å². The van der Waals surface area contributed by atoms with Crippen molar-refractivity contribution >= 4 is 0 Å². The molecule has 0 amide bonds. The lowest BCUT2D eigenvalue weighted by molar-refractivity contribution is 0.0173. The highest BCUT2D eigenvalue weighted by atomic mass is 16.7. The van der Waals surface area contributed by atoms with E-state index in [2.05, 4.69) is 18.7 Å².